The van der Waals surface area contributed by atoms with Crippen LogP contribution >= 0.6 is 11.6 Å². The second-order valence-electron chi connectivity index (χ2n) is 9.08. The van der Waals surface area contributed by atoms with Gasteiger partial charge in [0.05, 0.1) is 16.9 Å². The number of nitrogens with one attached hydrogen (secondary N) is 1. The first-order chi connectivity index (χ1) is 15.9. The number of aryl methyl sites for hydroxylation is 1. The Morgan fingerprint density at radius 2 is 2.06 bits per heavy atom. The van der Waals surface area contributed by atoms with Gasteiger partial charge in [-0.15, -0.1) is 0 Å². The molecule has 0 unspecified atom stereocenters. The number of rotatable bonds is 3. The van der Waals surface area contributed by atoms with Crippen molar-refractivity contribution in [1.82, 2.24) is 19.9 Å². The molecule has 172 valence electrons. The molecule has 1 spiro atoms. The second-order valence-corrected chi connectivity index (χ2v) is 9.49. The summed E-state index contributed by atoms with van der Waals surface area (Å²) in [6.07, 6.45) is 7.63. The van der Waals surface area contributed by atoms with Crippen molar-refractivity contribution in [1.29, 1.82) is 0 Å². The van der Waals surface area contributed by atoms with Crippen molar-refractivity contribution in [3.8, 4) is 0 Å². The van der Waals surface area contributed by atoms with Crippen LogP contribution in [0.15, 0.2) is 36.7 Å². The molecular weight excluding hydrogens is 445 g/mol. The van der Waals surface area contributed by atoms with Gasteiger partial charge < -0.3 is 10.2 Å². The fraction of sp³-hybridized carbons (Fsp3) is 0.417. The highest BCUT2D eigenvalue weighted by Crippen LogP contribution is 2.46. The Labute approximate surface area is 195 Å². The smallest absolute Gasteiger partial charge is 0.271 e. The van der Waals surface area contributed by atoms with Crippen molar-refractivity contribution in [3.63, 3.8) is 0 Å². The third kappa shape index (κ3) is 3.86. The quantitative estimate of drug-likeness (QED) is 0.619. The number of imidazole rings is 1. The lowest BCUT2D eigenvalue weighted by Gasteiger charge is -2.45. The minimum Gasteiger partial charge on any atom is -0.348 e. The number of anilines is 1. The van der Waals surface area contributed by atoms with E-state index in [2.05, 4.69) is 15.4 Å². The van der Waals surface area contributed by atoms with Crippen LogP contribution in [-0.4, -0.2) is 39.0 Å². The first-order valence-corrected chi connectivity index (χ1v) is 11.6. The number of aromatic nitrogens is 3. The standard InChI is InChI=1S/C24H25ClFN5O2/c1-15-12-19(17(25)13-18(15)26)30-11-3-7-24(23(30)33)8-5-16(6-9-24)29-22(32)20-14-27-21-4-2-10-28-31(20)21/h2,4,10,12-14,16H,3,5-9,11H2,1H3,(H,29,32)/t16-,24-. The molecule has 2 fully saturated rings. The summed E-state index contributed by atoms with van der Waals surface area (Å²) in [5.74, 6) is -0.537. The number of hydrogen-bond acceptors (Lipinski definition) is 4. The number of fused-ring (bicyclic) bond motifs is 1. The maximum absolute atomic E-state index is 13.9. The third-order valence-electron chi connectivity index (χ3n) is 7.04. The predicted molar refractivity (Wildman–Crippen MR) is 123 cm³/mol. The van der Waals surface area contributed by atoms with Gasteiger partial charge in [0, 0.05) is 24.2 Å². The highest BCUT2D eigenvalue weighted by Gasteiger charge is 2.46. The van der Waals surface area contributed by atoms with Gasteiger partial charge in [-0.1, -0.05) is 11.6 Å². The average molecular weight is 470 g/mol. The summed E-state index contributed by atoms with van der Waals surface area (Å²) >= 11 is 6.30. The van der Waals surface area contributed by atoms with Gasteiger partial charge in [0.15, 0.2) is 5.65 Å². The molecule has 1 saturated heterocycles. The molecule has 0 bridgehead atoms. The van der Waals surface area contributed by atoms with Gasteiger partial charge in [-0.2, -0.15) is 5.10 Å². The first kappa shape index (κ1) is 21.8. The normalized spacial score (nSPS) is 23.3. The molecule has 1 aliphatic heterocycles. The molecule has 2 amide bonds. The minimum absolute atomic E-state index is 0.0165. The van der Waals surface area contributed by atoms with E-state index in [4.69, 9.17) is 11.6 Å². The molecule has 0 atom stereocenters. The lowest BCUT2D eigenvalue weighted by Crippen LogP contribution is -2.52. The van der Waals surface area contributed by atoms with E-state index in [1.165, 1.54) is 16.8 Å². The van der Waals surface area contributed by atoms with Gasteiger partial charge in [0.1, 0.15) is 11.5 Å². The van der Waals surface area contributed by atoms with Crippen LogP contribution in [0.2, 0.25) is 5.02 Å². The second kappa shape index (κ2) is 8.41. The number of amides is 2. The molecule has 1 aromatic carbocycles. The van der Waals surface area contributed by atoms with Crippen LogP contribution in [0.3, 0.4) is 0 Å². The number of carbonyl (C=O) groups excluding carboxylic acids is 2. The lowest BCUT2D eigenvalue weighted by molar-refractivity contribution is -0.132. The van der Waals surface area contributed by atoms with Gasteiger partial charge in [-0.25, -0.2) is 13.9 Å². The molecule has 2 aromatic heterocycles. The molecule has 0 radical (unpaired) electrons. The van der Waals surface area contributed by atoms with Crippen molar-refractivity contribution in [2.75, 3.05) is 11.4 Å². The van der Waals surface area contributed by atoms with Gasteiger partial charge in [0.2, 0.25) is 5.91 Å². The molecule has 1 aliphatic carbocycles. The lowest BCUT2D eigenvalue weighted by atomic mass is 9.67. The predicted octanol–water partition coefficient (Wildman–Crippen LogP) is 4.32. The number of halogens is 2. The molecule has 9 heteroatoms. The van der Waals surface area contributed by atoms with Crippen molar-refractivity contribution >= 4 is 34.7 Å². The van der Waals surface area contributed by atoms with Crippen LogP contribution in [0.4, 0.5) is 10.1 Å². The van der Waals surface area contributed by atoms with Crippen molar-refractivity contribution in [2.45, 2.75) is 51.5 Å². The van der Waals surface area contributed by atoms with Gasteiger partial charge in [-0.3, -0.25) is 9.59 Å². The van der Waals surface area contributed by atoms with E-state index in [-0.39, 0.29) is 28.7 Å². The Morgan fingerprint density at radius 3 is 2.85 bits per heavy atom. The molecule has 1 saturated carbocycles. The Bertz CT molecular complexity index is 1230. The number of piperidine rings is 1. The monoisotopic (exact) mass is 469 g/mol. The van der Waals surface area contributed by atoms with E-state index >= 15 is 0 Å². The summed E-state index contributed by atoms with van der Waals surface area (Å²) < 4.78 is 15.4. The Balaban J connectivity index is 1.28. The maximum atomic E-state index is 13.9. The average Bonchev–Trinajstić information content (AvgIpc) is 3.24. The third-order valence-corrected chi connectivity index (χ3v) is 7.35. The molecule has 7 nitrogen and oxygen atoms in total. The summed E-state index contributed by atoms with van der Waals surface area (Å²) in [6.45, 7) is 2.25. The Hall–Kier alpha value is -3.00. The summed E-state index contributed by atoms with van der Waals surface area (Å²) in [7, 11) is 0. The zero-order valence-corrected chi connectivity index (χ0v) is 19.1. The van der Waals surface area contributed by atoms with E-state index < -0.39 is 5.41 Å². The van der Waals surface area contributed by atoms with Gasteiger partial charge in [0.25, 0.3) is 5.91 Å². The SMILES string of the molecule is Cc1cc(N2CCC[C@]3(CC[C@@H](NC(=O)c4cnc5cccnn45)CC3)C2=O)c(Cl)cc1F. The highest BCUT2D eigenvalue weighted by molar-refractivity contribution is 6.34. The minimum atomic E-state index is -0.462. The number of hydrogen-bond donors (Lipinski definition) is 1. The first-order valence-electron chi connectivity index (χ1n) is 11.3. The summed E-state index contributed by atoms with van der Waals surface area (Å²) in [5, 5.41) is 7.54. The topological polar surface area (TPSA) is 79.6 Å². The van der Waals surface area contributed by atoms with Crippen LogP contribution in [0.25, 0.3) is 5.65 Å². The summed E-state index contributed by atoms with van der Waals surface area (Å²) in [6, 6.07) is 6.49. The zero-order valence-electron chi connectivity index (χ0n) is 18.4. The molecule has 3 heterocycles. The fourth-order valence-electron chi connectivity index (χ4n) is 5.17. The molecule has 33 heavy (non-hydrogen) atoms. The number of benzene rings is 1. The van der Waals surface area contributed by atoms with Crippen molar-refractivity contribution in [2.24, 2.45) is 5.41 Å². The van der Waals surface area contributed by atoms with E-state index in [0.717, 1.165) is 12.8 Å². The van der Waals surface area contributed by atoms with E-state index in [1.54, 1.807) is 36.2 Å². The van der Waals surface area contributed by atoms with Crippen molar-refractivity contribution in [3.05, 3.63) is 58.8 Å². The summed E-state index contributed by atoms with van der Waals surface area (Å²) in [4.78, 5) is 32.3. The van der Waals surface area contributed by atoms with Gasteiger partial charge in [-0.05, 0) is 75.3 Å². The van der Waals surface area contributed by atoms with E-state index in [9.17, 15) is 14.0 Å². The van der Waals surface area contributed by atoms with Crippen LogP contribution in [-0.2, 0) is 4.79 Å². The number of carbonyl (C=O) groups is 2. The largest absolute Gasteiger partial charge is 0.348 e. The van der Waals surface area contributed by atoms with Crippen LogP contribution in [0, 0.1) is 18.2 Å². The molecule has 5 rings (SSSR count). The molecule has 2 aliphatic rings. The molecule has 1 N–H and O–H groups in total. The van der Waals surface area contributed by atoms with Crippen LogP contribution < -0.4 is 10.2 Å². The van der Waals surface area contributed by atoms with E-state index in [0.29, 0.717) is 54.8 Å². The van der Waals surface area contributed by atoms with Gasteiger partial charge >= 0.3 is 0 Å². The highest BCUT2D eigenvalue weighted by atomic mass is 35.5. The molecular formula is C24H25ClFN5O2. The van der Waals surface area contributed by atoms with E-state index in [1.807, 2.05) is 0 Å². The zero-order chi connectivity index (χ0) is 23.2. The Kier molecular flexibility index (Phi) is 5.56. The fourth-order valence-corrected chi connectivity index (χ4v) is 5.42. The summed E-state index contributed by atoms with van der Waals surface area (Å²) in [5.41, 5.74) is 1.60. The molecule has 3 aromatic rings. The maximum Gasteiger partial charge on any atom is 0.271 e. The van der Waals surface area contributed by atoms with Crippen LogP contribution in [0.1, 0.15) is 54.6 Å². The van der Waals surface area contributed by atoms with Crippen molar-refractivity contribution < 1.29 is 14.0 Å². The van der Waals surface area contributed by atoms with Crippen LogP contribution in [0.5, 0.6) is 0 Å². The number of nitrogens with zero attached hydrogens (tertiary/aromatic N) is 4. The Morgan fingerprint density at radius 1 is 1.27 bits per heavy atom.